The molecule has 4 saturated carbocycles. The number of rotatable bonds is 9. The molecule has 0 amide bonds. The molecule has 2 saturated heterocycles. The predicted molar refractivity (Wildman–Crippen MR) is 196 cm³/mol. The largest absolute Gasteiger partial charge is 0.394 e. The predicted octanol–water partition coefficient (Wildman–Crippen LogP) is 1.76. The molecule has 2 aliphatic heterocycles. The first-order chi connectivity index (χ1) is 25.0. The number of hydrogen-bond acceptors (Lipinski definition) is 13. The van der Waals surface area contributed by atoms with Crippen molar-refractivity contribution in [3.8, 4) is 0 Å². The van der Waals surface area contributed by atoms with Crippen LogP contribution in [0.5, 0.6) is 0 Å². The summed E-state index contributed by atoms with van der Waals surface area (Å²) in [6.07, 6.45) is -7.90. The third-order valence-electron chi connectivity index (χ3n) is 16.1. The molecule has 0 radical (unpaired) electrons. The summed E-state index contributed by atoms with van der Waals surface area (Å²) in [5, 5.41) is 99.6. The molecule has 6 fully saturated rings. The minimum Gasteiger partial charge on any atom is -0.394 e. The van der Waals surface area contributed by atoms with E-state index in [2.05, 4.69) is 40.7 Å². The van der Waals surface area contributed by atoms with E-state index in [1.165, 1.54) is 5.57 Å². The van der Waals surface area contributed by atoms with Crippen LogP contribution in [-0.4, -0.2) is 138 Å². The topological polar surface area (TPSA) is 219 Å². The van der Waals surface area contributed by atoms with E-state index >= 15 is 0 Å². The molecule has 13 nitrogen and oxygen atoms in total. The van der Waals surface area contributed by atoms with E-state index < -0.39 is 107 Å². The number of allylic oxidation sites excluding steroid dienone is 2. The lowest BCUT2D eigenvalue weighted by atomic mass is 9.34. The van der Waals surface area contributed by atoms with Gasteiger partial charge >= 0.3 is 0 Å². The monoisotopic (exact) mass is 770 g/mol. The maximum Gasteiger partial charge on any atom is 0.187 e. The number of fused-ring (bicyclic) bond motifs is 5. The highest BCUT2D eigenvalue weighted by molar-refractivity contribution is 5.22. The van der Waals surface area contributed by atoms with Gasteiger partial charge in [-0.15, -0.1) is 0 Å². The Kier molecular flexibility index (Phi) is 12.0. The molecular weight excluding hydrogens is 700 g/mol. The molecule has 20 atom stereocenters. The van der Waals surface area contributed by atoms with E-state index in [1.54, 1.807) is 0 Å². The van der Waals surface area contributed by atoms with Gasteiger partial charge in [-0.2, -0.15) is 0 Å². The van der Waals surface area contributed by atoms with Crippen molar-refractivity contribution in [3.05, 3.63) is 11.6 Å². The zero-order valence-corrected chi connectivity index (χ0v) is 33.5. The van der Waals surface area contributed by atoms with Crippen LogP contribution < -0.4 is 0 Å². The molecule has 0 spiro atoms. The lowest BCUT2D eigenvalue weighted by molar-refractivity contribution is -0.377. The van der Waals surface area contributed by atoms with Crippen molar-refractivity contribution >= 4 is 0 Å². The van der Waals surface area contributed by atoms with Gasteiger partial charge in [0.1, 0.15) is 42.7 Å². The second-order valence-corrected chi connectivity index (χ2v) is 19.8. The summed E-state index contributed by atoms with van der Waals surface area (Å²) < 4.78 is 24.8. The quantitative estimate of drug-likeness (QED) is 0.121. The Hall–Kier alpha value is -0.780. The van der Waals surface area contributed by atoms with Crippen molar-refractivity contribution in [1.29, 1.82) is 0 Å². The smallest absolute Gasteiger partial charge is 0.187 e. The van der Waals surface area contributed by atoms with Gasteiger partial charge in [0.2, 0.25) is 0 Å². The first kappa shape index (κ1) is 42.8. The average molecular weight is 771 g/mol. The van der Waals surface area contributed by atoms with Crippen molar-refractivity contribution in [3.63, 3.8) is 0 Å². The average Bonchev–Trinajstić information content (AvgIpc) is 3.48. The van der Waals surface area contributed by atoms with Gasteiger partial charge in [0.15, 0.2) is 12.6 Å². The summed E-state index contributed by atoms with van der Waals surface area (Å²) in [4.78, 5) is 0. The fourth-order valence-electron chi connectivity index (χ4n) is 13.1. The molecule has 0 aromatic heterocycles. The maximum absolute atomic E-state index is 12.2. The van der Waals surface area contributed by atoms with Crippen molar-refractivity contribution < 1.29 is 64.9 Å². The Morgan fingerprint density at radius 3 is 2.17 bits per heavy atom. The molecule has 9 N–H and O–H groups in total. The van der Waals surface area contributed by atoms with E-state index in [4.69, 9.17) is 18.9 Å². The highest BCUT2D eigenvalue weighted by Crippen LogP contribution is 2.76. The summed E-state index contributed by atoms with van der Waals surface area (Å²) in [6.45, 7) is 16.0. The number of aliphatic hydroxyl groups excluding tert-OH is 8. The second kappa shape index (κ2) is 15.1. The lowest BCUT2D eigenvalue weighted by Crippen LogP contribution is -2.71. The Morgan fingerprint density at radius 1 is 0.833 bits per heavy atom. The van der Waals surface area contributed by atoms with Crippen LogP contribution in [0.15, 0.2) is 11.6 Å². The van der Waals surface area contributed by atoms with Crippen LogP contribution >= 0.6 is 0 Å². The van der Waals surface area contributed by atoms with Gasteiger partial charge in [0.05, 0.1) is 37.1 Å². The maximum atomic E-state index is 12.2. The summed E-state index contributed by atoms with van der Waals surface area (Å²) in [6, 6.07) is 0. The van der Waals surface area contributed by atoms with Crippen molar-refractivity contribution in [1.82, 2.24) is 0 Å². The zero-order valence-electron chi connectivity index (χ0n) is 33.5. The van der Waals surface area contributed by atoms with Gasteiger partial charge in [-0.3, -0.25) is 0 Å². The van der Waals surface area contributed by atoms with Crippen molar-refractivity contribution in [2.45, 2.75) is 186 Å². The number of hydrogen-bond donors (Lipinski definition) is 9. The Morgan fingerprint density at radius 2 is 1.52 bits per heavy atom. The highest BCUT2D eigenvalue weighted by Gasteiger charge is 2.73. The number of aliphatic hydroxyl groups is 9. The van der Waals surface area contributed by atoms with Crippen LogP contribution in [-0.2, 0) is 18.9 Å². The van der Waals surface area contributed by atoms with Crippen LogP contribution in [0.25, 0.3) is 0 Å². The van der Waals surface area contributed by atoms with Gasteiger partial charge in [0.25, 0.3) is 0 Å². The van der Waals surface area contributed by atoms with Crippen LogP contribution in [0.1, 0.15) is 107 Å². The number of ether oxygens (including phenoxy) is 4. The SMILES string of the molecule is CC(C)=CCC[C@@](C)(O)[C@H]1CC[C@]2(C)[C@@H]1[C@H](O)C[C@@H]1[C@@]3(C)CC[C@H](O)C(C)(C)[C@@H]3[C@@H](O[C@@H]3O[C@H](CO)[C@@H](O)[C@H](O)[C@H]3O[C@@H]3OC[C@@H](O)[C@H](O)[C@H]3O)C[C@]12C. The Bertz CT molecular complexity index is 1350. The molecule has 4 aliphatic carbocycles. The van der Waals surface area contributed by atoms with E-state index in [0.717, 1.165) is 19.3 Å². The Labute approximate surface area is 320 Å². The Balaban J connectivity index is 1.38. The van der Waals surface area contributed by atoms with Crippen molar-refractivity contribution in [2.75, 3.05) is 13.2 Å². The molecule has 6 aliphatic rings. The first-order valence-corrected chi connectivity index (χ1v) is 20.4. The normalized spacial score (nSPS) is 52.8. The van der Waals surface area contributed by atoms with Crippen LogP contribution in [0, 0.1) is 45.3 Å². The molecule has 13 heteroatoms. The molecule has 0 bridgehead atoms. The summed E-state index contributed by atoms with van der Waals surface area (Å²) in [5.74, 6) is -0.513. The van der Waals surface area contributed by atoms with E-state index in [1.807, 2.05) is 20.8 Å². The third kappa shape index (κ3) is 6.86. The molecule has 6 rings (SSSR count). The molecule has 0 aromatic carbocycles. The van der Waals surface area contributed by atoms with Gasteiger partial charge in [-0.25, -0.2) is 0 Å². The molecule has 0 aromatic rings. The van der Waals surface area contributed by atoms with Crippen LogP contribution in [0.4, 0.5) is 0 Å². The molecular formula is C41H70O13. The van der Waals surface area contributed by atoms with Gasteiger partial charge < -0.3 is 64.9 Å². The zero-order chi connectivity index (χ0) is 39.9. The molecule has 0 unspecified atom stereocenters. The molecule has 312 valence electrons. The lowest BCUT2D eigenvalue weighted by Gasteiger charge is -2.72. The van der Waals surface area contributed by atoms with Crippen LogP contribution in [0.3, 0.4) is 0 Å². The van der Waals surface area contributed by atoms with E-state index in [9.17, 15) is 46.0 Å². The van der Waals surface area contributed by atoms with E-state index in [-0.39, 0.29) is 30.3 Å². The summed E-state index contributed by atoms with van der Waals surface area (Å²) in [5.41, 5.74) is -1.69. The highest BCUT2D eigenvalue weighted by atomic mass is 16.8. The van der Waals surface area contributed by atoms with Crippen molar-refractivity contribution in [2.24, 2.45) is 45.3 Å². The minimum absolute atomic E-state index is 0.0443. The van der Waals surface area contributed by atoms with Gasteiger partial charge in [0, 0.05) is 0 Å². The second-order valence-electron chi connectivity index (χ2n) is 19.8. The molecule has 2 heterocycles. The summed E-state index contributed by atoms with van der Waals surface area (Å²) in [7, 11) is 0. The van der Waals surface area contributed by atoms with Gasteiger partial charge in [-0.05, 0) is 117 Å². The van der Waals surface area contributed by atoms with Gasteiger partial charge in [-0.1, -0.05) is 46.3 Å². The first-order valence-electron chi connectivity index (χ1n) is 20.4. The van der Waals surface area contributed by atoms with E-state index in [0.29, 0.717) is 32.1 Å². The fraction of sp³-hybridized carbons (Fsp3) is 0.951. The fourth-order valence-corrected chi connectivity index (χ4v) is 13.1. The summed E-state index contributed by atoms with van der Waals surface area (Å²) >= 11 is 0. The van der Waals surface area contributed by atoms with Crippen LogP contribution in [0.2, 0.25) is 0 Å². The molecule has 54 heavy (non-hydrogen) atoms. The minimum atomic E-state index is -1.68. The standard InChI is InChI=1S/C41H70O13/c1-20(2)10-9-13-41(8,50)21-11-15-39(6)28(21)22(43)16-26-38(5)14-12-27(45)37(3,4)34(38)24(17-40(26,39)7)52-36-33(31(48)30(47)25(18-42)53-36)54-35-32(49)29(46)23(44)19-51-35/h10,21-36,42-50H,9,11-19H2,1-8H3/t21-,22+,23+,24-,25+,26+,27-,28-,29-,30+,31-,32+,33+,34-,35-,36+,38+,39+,40+,41+/m0/s1. The third-order valence-corrected chi connectivity index (χ3v) is 16.1.